The van der Waals surface area contributed by atoms with Crippen molar-refractivity contribution in [2.24, 2.45) is 0 Å². The van der Waals surface area contributed by atoms with Gasteiger partial charge in [0.2, 0.25) is 5.91 Å². The van der Waals surface area contributed by atoms with Gasteiger partial charge in [0.05, 0.1) is 26.1 Å². The predicted molar refractivity (Wildman–Crippen MR) is 89.2 cm³/mol. The molecule has 24 heavy (non-hydrogen) atoms. The highest BCUT2D eigenvalue weighted by Crippen LogP contribution is 2.37. The second kappa shape index (κ2) is 6.45. The lowest BCUT2D eigenvalue weighted by Crippen LogP contribution is -2.63. The number of piperidine rings is 1. The Kier molecular flexibility index (Phi) is 4.31. The van der Waals surface area contributed by atoms with E-state index in [0.29, 0.717) is 24.7 Å². The molecule has 4 nitrogen and oxygen atoms in total. The van der Waals surface area contributed by atoms with E-state index in [0.717, 1.165) is 13.0 Å². The first-order valence-electron chi connectivity index (χ1n) is 9.04. The Morgan fingerprint density at radius 2 is 1.96 bits per heavy atom. The molecular weight excluding hydrogens is 307 g/mol. The summed E-state index contributed by atoms with van der Waals surface area (Å²) in [5, 5.41) is 0. The van der Waals surface area contributed by atoms with Crippen molar-refractivity contribution in [3.8, 4) is 0 Å². The summed E-state index contributed by atoms with van der Waals surface area (Å²) in [6.07, 6.45) is 5.08. The summed E-state index contributed by atoms with van der Waals surface area (Å²) < 4.78 is 19.8. The Morgan fingerprint density at radius 1 is 1.21 bits per heavy atom. The molecule has 1 amide bonds. The molecule has 3 aliphatic rings. The van der Waals surface area contributed by atoms with Gasteiger partial charge in [-0.15, -0.1) is 0 Å². The lowest BCUT2D eigenvalue weighted by molar-refractivity contribution is -0.157. The summed E-state index contributed by atoms with van der Waals surface area (Å²) in [6.45, 7) is 4.46. The number of ether oxygens (including phenoxy) is 1. The van der Waals surface area contributed by atoms with Crippen LogP contribution in [0, 0.1) is 5.82 Å². The van der Waals surface area contributed by atoms with Gasteiger partial charge in [-0.05, 0) is 44.0 Å². The van der Waals surface area contributed by atoms with Crippen LogP contribution in [0.4, 0.5) is 4.39 Å². The molecule has 3 saturated heterocycles. The van der Waals surface area contributed by atoms with E-state index in [9.17, 15) is 9.18 Å². The van der Waals surface area contributed by atoms with Gasteiger partial charge in [-0.1, -0.05) is 24.6 Å². The summed E-state index contributed by atoms with van der Waals surface area (Å²) in [5.41, 5.74) is 0.328. The highest BCUT2D eigenvalue weighted by atomic mass is 19.1. The van der Waals surface area contributed by atoms with Gasteiger partial charge in [0.15, 0.2) is 0 Å². The number of amides is 1. The molecule has 1 unspecified atom stereocenters. The molecule has 0 bridgehead atoms. The van der Waals surface area contributed by atoms with Gasteiger partial charge in [0.25, 0.3) is 0 Å². The zero-order chi connectivity index (χ0) is 16.6. The lowest BCUT2D eigenvalue weighted by atomic mass is 9.88. The highest BCUT2D eigenvalue weighted by Gasteiger charge is 2.52. The predicted octanol–water partition coefficient (Wildman–Crippen LogP) is 2.22. The number of hydrogen-bond acceptors (Lipinski definition) is 3. The van der Waals surface area contributed by atoms with Gasteiger partial charge in [0.1, 0.15) is 11.4 Å². The van der Waals surface area contributed by atoms with Crippen LogP contribution in [0.2, 0.25) is 0 Å². The van der Waals surface area contributed by atoms with E-state index in [1.54, 1.807) is 18.2 Å². The van der Waals surface area contributed by atoms with Gasteiger partial charge < -0.3 is 9.64 Å². The van der Waals surface area contributed by atoms with Crippen molar-refractivity contribution in [2.45, 2.75) is 43.7 Å². The quantitative estimate of drug-likeness (QED) is 0.851. The number of likely N-dealkylation sites (tertiary alicyclic amines) is 2. The third kappa shape index (κ3) is 3.07. The largest absolute Gasteiger partial charge is 0.370 e. The zero-order valence-corrected chi connectivity index (χ0v) is 14.0. The van der Waals surface area contributed by atoms with Crippen molar-refractivity contribution in [1.29, 1.82) is 0 Å². The van der Waals surface area contributed by atoms with Crippen LogP contribution >= 0.6 is 0 Å². The van der Waals surface area contributed by atoms with E-state index in [1.807, 2.05) is 4.90 Å². The summed E-state index contributed by atoms with van der Waals surface area (Å²) in [6, 6.07) is 7.01. The fraction of sp³-hybridized carbons (Fsp3) is 0.632. The second-order valence-electron chi connectivity index (χ2n) is 7.47. The summed E-state index contributed by atoms with van der Waals surface area (Å²) >= 11 is 0. The fourth-order valence-electron chi connectivity index (χ4n) is 4.30. The number of halogens is 1. The molecule has 1 atom stereocenters. The van der Waals surface area contributed by atoms with Gasteiger partial charge in [-0.2, -0.15) is 0 Å². The van der Waals surface area contributed by atoms with Crippen LogP contribution in [0.3, 0.4) is 0 Å². The number of carbonyl (C=O) groups excluding carboxylic acids is 1. The number of hydrogen-bond donors (Lipinski definition) is 0. The third-order valence-electron chi connectivity index (χ3n) is 5.71. The Balaban J connectivity index is 1.30. The van der Waals surface area contributed by atoms with Crippen LogP contribution in [0.1, 0.15) is 31.2 Å². The van der Waals surface area contributed by atoms with Crippen LogP contribution in [0.15, 0.2) is 24.3 Å². The van der Waals surface area contributed by atoms with Crippen molar-refractivity contribution in [3.05, 3.63) is 35.6 Å². The van der Waals surface area contributed by atoms with Crippen molar-refractivity contribution in [1.82, 2.24) is 9.80 Å². The maximum atomic E-state index is 13.7. The normalized spacial score (nSPS) is 26.5. The monoisotopic (exact) mass is 332 g/mol. The maximum Gasteiger partial charge on any atom is 0.227 e. The molecule has 3 fully saturated rings. The van der Waals surface area contributed by atoms with E-state index < -0.39 is 0 Å². The van der Waals surface area contributed by atoms with Crippen LogP contribution in [0.5, 0.6) is 0 Å². The molecule has 3 heterocycles. The molecular formula is C19H25FN2O2. The molecule has 1 aromatic rings. The van der Waals surface area contributed by atoms with E-state index in [2.05, 4.69) is 4.90 Å². The fourth-order valence-corrected chi connectivity index (χ4v) is 4.30. The first-order chi connectivity index (χ1) is 11.7. The van der Waals surface area contributed by atoms with Crippen LogP contribution < -0.4 is 0 Å². The highest BCUT2D eigenvalue weighted by molar-refractivity contribution is 5.80. The number of nitrogens with zero attached hydrogens (tertiary/aromatic N) is 2. The zero-order valence-electron chi connectivity index (χ0n) is 14.0. The minimum absolute atomic E-state index is 0.00394. The van der Waals surface area contributed by atoms with E-state index in [1.165, 1.54) is 38.4 Å². The lowest BCUT2D eigenvalue weighted by Gasteiger charge is -2.47. The number of carbonyl (C=O) groups is 1. The average molecular weight is 332 g/mol. The molecule has 0 radical (unpaired) electrons. The molecule has 0 aromatic heterocycles. The maximum absolute atomic E-state index is 13.7. The first-order valence-corrected chi connectivity index (χ1v) is 9.04. The Labute approximate surface area is 142 Å². The average Bonchev–Trinajstić information content (AvgIpc) is 3.02. The van der Waals surface area contributed by atoms with Crippen molar-refractivity contribution >= 4 is 5.91 Å². The molecule has 5 heteroatoms. The number of benzene rings is 1. The third-order valence-corrected chi connectivity index (χ3v) is 5.71. The molecule has 0 saturated carbocycles. The molecule has 1 aromatic carbocycles. The minimum atomic E-state index is -0.302. The van der Waals surface area contributed by atoms with Gasteiger partial charge in [-0.25, -0.2) is 4.39 Å². The summed E-state index contributed by atoms with van der Waals surface area (Å²) in [7, 11) is 0. The SMILES string of the molecule is O=C(Cc1ccccc1F)N1CC2(CC(N3CCCCC3)CO2)C1. The van der Waals surface area contributed by atoms with Crippen LogP contribution in [-0.2, 0) is 16.0 Å². The van der Waals surface area contributed by atoms with Crippen molar-refractivity contribution in [2.75, 3.05) is 32.8 Å². The topological polar surface area (TPSA) is 32.8 Å². The number of rotatable bonds is 3. The molecule has 1 spiro atoms. The van der Waals surface area contributed by atoms with Crippen LogP contribution in [-0.4, -0.2) is 60.1 Å². The summed E-state index contributed by atoms with van der Waals surface area (Å²) in [5.74, 6) is -0.306. The smallest absolute Gasteiger partial charge is 0.227 e. The minimum Gasteiger partial charge on any atom is -0.370 e. The van der Waals surface area contributed by atoms with Crippen molar-refractivity contribution in [3.63, 3.8) is 0 Å². The Morgan fingerprint density at radius 3 is 2.71 bits per heavy atom. The Bertz CT molecular complexity index is 609. The second-order valence-corrected chi connectivity index (χ2v) is 7.47. The standard InChI is InChI=1S/C19H25FN2O2/c20-17-7-3-2-6-15(17)10-18(23)22-13-19(14-22)11-16(12-24-19)21-8-4-1-5-9-21/h2-3,6-7,16H,1,4-5,8-14H2. The molecule has 130 valence electrons. The van der Waals surface area contributed by atoms with E-state index >= 15 is 0 Å². The first kappa shape index (κ1) is 16.0. The molecule has 3 aliphatic heterocycles. The molecule has 0 aliphatic carbocycles. The van der Waals surface area contributed by atoms with Gasteiger partial charge in [-0.3, -0.25) is 9.69 Å². The van der Waals surface area contributed by atoms with Crippen LogP contribution in [0.25, 0.3) is 0 Å². The van der Waals surface area contributed by atoms with Gasteiger partial charge >= 0.3 is 0 Å². The van der Waals surface area contributed by atoms with E-state index in [4.69, 9.17) is 4.74 Å². The van der Waals surface area contributed by atoms with E-state index in [-0.39, 0.29) is 23.7 Å². The Hall–Kier alpha value is -1.46. The summed E-state index contributed by atoms with van der Waals surface area (Å²) in [4.78, 5) is 16.7. The molecule has 0 N–H and O–H groups in total. The van der Waals surface area contributed by atoms with Crippen molar-refractivity contribution < 1.29 is 13.9 Å². The molecule has 4 rings (SSSR count). The van der Waals surface area contributed by atoms with Gasteiger partial charge in [0, 0.05) is 6.04 Å².